The fraction of sp³-hybridized carbons (Fsp3) is 0.0833. The summed E-state index contributed by atoms with van der Waals surface area (Å²) in [6.45, 7) is 1.87. The molecule has 0 aliphatic carbocycles. The van der Waals surface area contributed by atoms with Crippen LogP contribution in [-0.2, 0) is 0 Å². The molecule has 1 heterocycles. The lowest BCUT2D eigenvalue weighted by Gasteiger charge is -2.10. The van der Waals surface area contributed by atoms with Gasteiger partial charge in [-0.1, -0.05) is 23.2 Å². The molecule has 1 N–H and O–H groups in total. The third-order valence-electron chi connectivity index (χ3n) is 2.25. The third kappa shape index (κ3) is 2.87. The van der Waals surface area contributed by atoms with Crippen molar-refractivity contribution < 1.29 is 4.39 Å². The van der Waals surface area contributed by atoms with Crippen LogP contribution in [0.25, 0.3) is 0 Å². The first kappa shape index (κ1) is 12.1. The van der Waals surface area contributed by atoms with Gasteiger partial charge in [0.05, 0.1) is 10.7 Å². The lowest BCUT2D eigenvalue weighted by molar-refractivity contribution is 0.584. The minimum Gasteiger partial charge on any atom is -0.354 e. The van der Waals surface area contributed by atoms with Crippen LogP contribution in [0.4, 0.5) is 15.8 Å². The normalized spacial score (nSPS) is 10.4. The molecule has 2 rings (SSSR count). The van der Waals surface area contributed by atoms with Crippen molar-refractivity contribution in [2.24, 2.45) is 0 Å². The van der Waals surface area contributed by atoms with Crippen molar-refractivity contribution in [3.05, 3.63) is 52.0 Å². The lowest BCUT2D eigenvalue weighted by atomic mass is 10.2. The van der Waals surface area contributed by atoms with Gasteiger partial charge >= 0.3 is 0 Å². The smallest absolute Gasteiger partial charge is 0.214 e. The highest BCUT2D eigenvalue weighted by atomic mass is 35.5. The highest BCUT2D eigenvalue weighted by molar-refractivity contribution is 6.35. The van der Waals surface area contributed by atoms with E-state index in [0.717, 1.165) is 5.56 Å². The van der Waals surface area contributed by atoms with E-state index in [4.69, 9.17) is 23.2 Å². The Morgan fingerprint density at radius 2 is 1.94 bits per heavy atom. The number of rotatable bonds is 2. The van der Waals surface area contributed by atoms with Crippen LogP contribution in [0, 0.1) is 12.9 Å². The summed E-state index contributed by atoms with van der Waals surface area (Å²) in [5.74, 6) is -0.552. The van der Waals surface area contributed by atoms with Crippen LogP contribution >= 0.6 is 23.2 Å². The quantitative estimate of drug-likeness (QED) is 0.808. The molecule has 0 fully saturated rings. The molecule has 2 aromatic rings. The molecule has 0 radical (unpaired) electrons. The monoisotopic (exact) mass is 270 g/mol. The number of hydrogen-bond donors (Lipinski definition) is 1. The maximum Gasteiger partial charge on any atom is 0.214 e. The molecular weight excluding hydrogens is 262 g/mol. The van der Waals surface area contributed by atoms with E-state index in [-0.39, 0.29) is 0 Å². The number of halogens is 3. The third-order valence-corrected chi connectivity index (χ3v) is 2.97. The van der Waals surface area contributed by atoms with Gasteiger partial charge in [0.25, 0.3) is 0 Å². The van der Waals surface area contributed by atoms with Gasteiger partial charge in [-0.15, -0.1) is 0 Å². The predicted octanol–water partition coefficient (Wildman–Crippen LogP) is 4.58. The highest BCUT2D eigenvalue weighted by Gasteiger charge is 2.05. The Bertz CT molecular complexity index is 558. The van der Waals surface area contributed by atoms with Crippen molar-refractivity contribution in [3.63, 3.8) is 0 Å². The molecule has 0 aliphatic heterocycles. The minimum absolute atomic E-state index is 0.532. The zero-order valence-electron chi connectivity index (χ0n) is 8.97. The molecule has 5 heteroatoms. The molecule has 0 saturated carbocycles. The predicted molar refractivity (Wildman–Crippen MR) is 68.7 cm³/mol. The van der Waals surface area contributed by atoms with E-state index < -0.39 is 5.95 Å². The van der Waals surface area contributed by atoms with Crippen LogP contribution in [0.5, 0.6) is 0 Å². The van der Waals surface area contributed by atoms with Crippen LogP contribution in [-0.4, -0.2) is 4.98 Å². The fourth-order valence-electron chi connectivity index (χ4n) is 1.38. The average Bonchev–Trinajstić information content (AvgIpc) is 2.26. The van der Waals surface area contributed by atoms with Crippen molar-refractivity contribution >= 4 is 34.6 Å². The second kappa shape index (κ2) is 4.90. The van der Waals surface area contributed by atoms with Crippen molar-refractivity contribution in [1.29, 1.82) is 0 Å². The van der Waals surface area contributed by atoms with Crippen molar-refractivity contribution in [3.8, 4) is 0 Å². The summed E-state index contributed by atoms with van der Waals surface area (Å²) in [5, 5.41) is 4.12. The van der Waals surface area contributed by atoms with Crippen LogP contribution in [0.15, 0.2) is 30.5 Å². The van der Waals surface area contributed by atoms with Gasteiger partial charge < -0.3 is 5.32 Å². The Balaban J connectivity index is 2.33. The van der Waals surface area contributed by atoms with Crippen molar-refractivity contribution in [2.45, 2.75) is 6.92 Å². The average molecular weight is 271 g/mol. The number of pyridine rings is 1. The van der Waals surface area contributed by atoms with Gasteiger partial charge in [-0.25, -0.2) is 4.98 Å². The summed E-state index contributed by atoms with van der Waals surface area (Å²) >= 11 is 12.1. The SMILES string of the molecule is Cc1cc(Cl)c(Nc2ccnc(F)c2)cc1Cl. The summed E-state index contributed by atoms with van der Waals surface area (Å²) < 4.78 is 12.9. The number of nitrogens with zero attached hydrogens (tertiary/aromatic N) is 1. The van der Waals surface area contributed by atoms with Gasteiger partial charge in [0.15, 0.2) is 0 Å². The van der Waals surface area contributed by atoms with Gasteiger partial charge in [0.1, 0.15) is 0 Å². The fourth-order valence-corrected chi connectivity index (χ4v) is 1.81. The molecule has 0 unspecified atom stereocenters. The van der Waals surface area contributed by atoms with Gasteiger partial charge in [-0.05, 0) is 30.7 Å². The van der Waals surface area contributed by atoms with Crippen LogP contribution in [0.1, 0.15) is 5.56 Å². The highest BCUT2D eigenvalue weighted by Crippen LogP contribution is 2.30. The molecule has 0 amide bonds. The summed E-state index contributed by atoms with van der Waals surface area (Å²) in [5.41, 5.74) is 2.09. The Labute approximate surface area is 108 Å². The van der Waals surface area contributed by atoms with E-state index in [1.165, 1.54) is 12.3 Å². The van der Waals surface area contributed by atoms with Gasteiger partial charge in [-0.2, -0.15) is 4.39 Å². The first-order valence-electron chi connectivity index (χ1n) is 4.90. The largest absolute Gasteiger partial charge is 0.354 e. The van der Waals surface area contributed by atoms with E-state index in [9.17, 15) is 4.39 Å². The van der Waals surface area contributed by atoms with E-state index in [2.05, 4.69) is 10.3 Å². The molecule has 0 aliphatic rings. The van der Waals surface area contributed by atoms with Crippen molar-refractivity contribution in [1.82, 2.24) is 4.98 Å². The van der Waals surface area contributed by atoms with E-state index in [1.807, 2.05) is 6.92 Å². The molecule has 2 nitrogen and oxygen atoms in total. The van der Waals surface area contributed by atoms with Crippen LogP contribution in [0.3, 0.4) is 0 Å². The lowest BCUT2D eigenvalue weighted by Crippen LogP contribution is -1.94. The molecule has 0 spiro atoms. The maximum atomic E-state index is 12.9. The summed E-state index contributed by atoms with van der Waals surface area (Å²) in [7, 11) is 0. The van der Waals surface area contributed by atoms with Crippen LogP contribution in [0.2, 0.25) is 10.0 Å². The molecule has 17 heavy (non-hydrogen) atoms. The number of hydrogen-bond acceptors (Lipinski definition) is 2. The molecule has 0 saturated heterocycles. The Hall–Kier alpha value is -1.32. The number of aromatic nitrogens is 1. The first-order valence-corrected chi connectivity index (χ1v) is 5.66. The standard InChI is InChI=1S/C12H9Cl2FN2/c1-7-4-10(14)11(6-9(7)13)17-8-2-3-16-12(15)5-8/h2-6H,1H3,(H,16,17). The first-order chi connectivity index (χ1) is 8.06. The maximum absolute atomic E-state index is 12.9. The second-order valence-corrected chi connectivity index (χ2v) is 4.39. The summed E-state index contributed by atoms with van der Waals surface area (Å²) in [6, 6.07) is 6.39. The zero-order chi connectivity index (χ0) is 12.4. The zero-order valence-corrected chi connectivity index (χ0v) is 10.5. The number of anilines is 2. The molecule has 1 aromatic heterocycles. The molecule has 0 bridgehead atoms. The van der Waals surface area contributed by atoms with Gasteiger partial charge in [0, 0.05) is 23.0 Å². The minimum atomic E-state index is -0.552. The molecule has 0 atom stereocenters. The van der Waals surface area contributed by atoms with E-state index in [1.54, 1.807) is 18.2 Å². The van der Waals surface area contributed by atoms with E-state index in [0.29, 0.717) is 21.4 Å². The van der Waals surface area contributed by atoms with Crippen molar-refractivity contribution in [2.75, 3.05) is 5.32 Å². The Morgan fingerprint density at radius 1 is 1.18 bits per heavy atom. The number of nitrogens with one attached hydrogen (secondary N) is 1. The number of aryl methyl sites for hydroxylation is 1. The number of benzene rings is 1. The topological polar surface area (TPSA) is 24.9 Å². The van der Waals surface area contributed by atoms with E-state index >= 15 is 0 Å². The summed E-state index contributed by atoms with van der Waals surface area (Å²) in [4.78, 5) is 3.47. The molecule has 1 aromatic carbocycles. The Morgan fingerprint density at radius 3 is 2.65 bits per heavy atom. The second-order valence-electron chi connectivity index (χ2n) is 3.57. The Kier molecular flexibility index (Phi) is 3.50. The summed E-state index contributed by atoms with van der Waals surface area (Å²) in [6.07, 6.45) is 1.38. The van der Waals surface area contributed by atoms with Gasteiger partial charge in [-0.3, -0.25) is 0 Å². The molecular formula is C12H9Cl2FN2. The molecule has 88 valence electrons. The van der Waals surface area contributed by atoms with Gasteiger partial charge in [0.2, 0.25) is 5.95 Å². The van der Waals surface area contributed by atoms with Crippen LogP contribution < -0.4 is 5.32 Å².